The maximum absolute atomic E-state index is 14.2. The number of benzene rings is 3. The molecule has 8 nitrogen and oxygen atoms in total. The van der Waals surface area contributed by atoms with Crippen molar-refractivity contribution in [3.8, 4) is 5.75 Å². The van der Waals surface area contributed by atoms with Gasteiger partial charge in [0.1, 0.15) is 18.3 Å². The van der Waals surface area contributed by atoms with Crippen LogP contribution in [-0.4, -0.2) is 50.9 Å². The van der Waals surface area contributed by atoms with E-state index in [9.17, 15) is 18.0 Å². The van der Waals surface area contributed by atoms with E-state index in [1.54, 1.807) is 43.5 Å². The number of nitrogens with zero attached hydrogens (tertiary/aromatic N) is 2. The van der Waals surface area contributed by atoms with Crippen LogP contribution >= 0.6 is 15.9 Å². The van der Waals surface area contributed by atoms with E-state index >= 15 is 0 Å². The summed E-state index contributed by atoms with van der Waals surface area (Å²) in [6, 6.07) is 20.0. The Morgan fingerprint density at radius 3 is 2.36 bits per heavy atom. The smallest absolute Gasteiger partial charge is 0.264 e. The van der Waals surface area contributed by atoms with Gasteiger partial charge < -0.3 is 15.0 Å². The second kappa shape index (κ2) is 14.2. The molecule has 1 aliphatic carbocycles. The molecule has 2 amide bonds. The Morgan fingerprint density at radius 2 is 1.71 bits per heavy atom. The van der Waals surface area contributed by atoms with E-state index in [2.05, 4.69) is 21.2 Å². The molecule has 1 N–H and O–H groups in total. The van der Waals surface area contributed by atoms with E-state index in [1.165, 1.54) is 17.0 Å². The minimum Gasteiger partial charge on any atom is -0.497 e. The zero-order valence-electron chi connectivity index (χ0n) is 24.3. The van der Waals surface area contributed by atoms with Crippen molar-refractivity contribution in [1.82, 2.24) is 10.2 Å². The molecule has 0 unspecified atom stereocenters. The van der Waals surface area contributed by atoms with Crippen LogP contribution in [0.1, 0.15) is 50.2 Å². The molecule has 224 valence electrons. The van der Waals surface area contributed by atoms with Gasteiger partial charge in [0.25, 0.3) is 10.0 Å². The van der Waals surface area contributed by atoms with Crippen molar-refractivity contribution >= 4 is 43.5 Å². The molecule has 0 heterocycles. The van der Waals surface area contributed by atoms with Crippen molar-refractivity contribution in [1.29, 1.82) is 0 Å². The maximum atomic E-state index is 14.2. The quantitative estimate of drug-likeness (QED) is 0.265. The van der Waals surface area contributed by atoms with E-state index in [1.807, 2.05) is 38.1 Å². The van der Waals surface area contributed by atoms with Gasteiger partial charge in [-0.1, -0.05) is 71.6 Å². The summed E-state index contributed by atoms with van der Waals surface area (Å²) in [4.78, 5) is 29.4. The first-order valence-electron chi connectivity index (χ1n) is 14.2. The minimum absolute atomic E-state index is 0.0752. The van der Waals surface area contributed by atoms with E-state index < -0.39 is 28.5 Å². The second-order valence-corrected chi connectivity index (χ2v) is 13.4. The Hall–Kier alpha value is -3.37. The summed E-state index contributed by atoms with van der Waals surface area (Å²) >= 11 is 3.43. The lowest BCUT2D eigenvalue weighted by atomic mass is 10.1. The lowest BCUT2D eigenvalue weighted by Crippen LogP contribution is -2.53. The van der Waals surface area contributed by atoms with Crippen molar-refractivity contribution in [2.24, 2.45) is 0 Å². The third-order valence-electron chi connectivity index (χ3n) is 7.56. The minimum atomic E-state index is -4.13. The lowest BCUT2D eigenvalue weighted by Gasteiger charge is -2.34. The largest absolute Gasteiger partial charge is 0.497 e. The maximum Gasteiger partial charge on any atom is 0.264 e. The van der Waals surface area contributed by atoms with Crippen LogP contribution in [0.5, 0.6) is 5.75 Å². The van der Waals surface area contributed by atoms with Crippen LogP contribution in [-0.2, 0) is 26.2 Å². The highest BCUT2D eigenvalue weighted by molar-refractivity contribution is 9.10. The number of carbonyl (C=O) groups excluding carboxylic acids is 2. The van der Waals surface area contributed by atoms with E-state index in [0.29, 0.717) is 22.3 Å². The van der Waals surface area contributed by atoms with Gasteiger partial charge in [-0.05, 0) is 74.2 Å². The van der Waals surface area contributed by atoms with E-state index in [-0.39, 0.29) is 23.4 Å². The monoisotopic (exact) mass is 655 g/mol. The van der Waals surface area contributed by atoms with Crippen LogP contribution in [0.15, 0.2) is 82.2 Å². The Labute approximate surface area is 257 Å². The number of hydrogen-bond acceptors (Lipinski definition) is 5. The van der Waals surface area contributed by atoms with Crippen LogP contribution in [0, 0.1) is 6.92 Å². The number of ether oxygens (including phenoxy) is 1. The fraction of sp³-hybridized carbons (Fsp3) is 0.375. The Balaban J connectivity index is 1.72. The van der Waals surface area contributed by atoms with Crippen molar-refractivity contribution in [2.75, 3.05) is 18.0 Å². The standard InChI is InChI=1S/C32H38BrN3O5S/c1-4-30(32(38)34-26-11-5-6-12-26)35(21-24-9-7-14-28(19-24)41-3)31(37)22-36(27-13-8-10-25(33)20-27)42(39,40)29-17-15-23(2)16-18-29/h7-10,13-20,26,30H,4-6,11-12,21-22H2,1-3H3,(H,34,38)/t30-/m1/s1. The Kier molecular flexibility index (Phi) is 10.7. The fourth-order valence-electron chi connectivity index (χ4n) is 5.25. The highest BCUT2D eigenvalue weighted by Gasteiger charge is 2.34. The van der Waals surface area contributed by atoms with Gasteiger partial charge >= 0.3 is 0 Å². The van der Waals surface area contributed by atoms with Gasteiger partial charge in [0.05, 0.1) is 17.7 Å². The third kappa shape index (κ3) is 7.72. The average molecular weight is 657 g/mol. The van der Waals surface area contributed by atoms with E-state index in [0.717, 1.165) is 41.1 Å². The summed E-state index contributed by atoms with van der Waals surface area (Å²) in [5, 5.41) is 3.13. The molecule has 1 aliphatic rings. The van der Waals surface area contributed by atoms with Gasteiger partial charge in [-0.25, -0.2) is 8.42 Å². The second-order valence-electron chi connectivity index (χ2n) is 10.6. The Morgan fingerprint density at radius 1 is 1.02 bits per heavy atom. The summed E-state index contributed by atoms with van der Waals surface area (Å²) in [6.07, 6.45) is 4.32. The molecule has 42 heavy (non-hydrogen) atoms. The molecular formula is C32H38BrN3O5S. The lowest BCUT2D eigenvalue weighted by molar-refractivity contribution is -0.140. The highest BCUT2D eigenvalue weighted by atomic mass is 79.9. The molecule has 0 aromatic heterocycles. The molecule has 3 aromatic carbocycles. The molecule has 0 spiro atoms. The first-order chi connectivity index (χ1) is 20.1. The predicted octanol–water partition coefficient (Wildman–Crippen LogP) is 5.83. The first-order valence-corrected chi connectivity index (χ1v) is 16.4. The van der Waals surface area contributed by atoms with Gasteiger partial charge in [-0.2, -0.15) is 0 Å². The zero-order chi connectivity index (χ0) is 30.3. The summed E-state index contributed by atoms with van der Waals surface area (Å²) in [5.74, 6) is -0.0842. The highest BCUT2D eigenvalue weighted by Crippen LogP contribution is 2.28. The van der Waals surface area contributed by atoms with Gasteiger partial charge in [0.15, 0.2) is 0 Å². The average Bonchev–Trinajstić information content (AvgIpc) is 3.49. The SMILES string of the molecule is CC[C@H](C(=O)NC1CCCC1)N(Cc1cccc(OC)c1)C(=O)CN(c1cccc(Br)c1)S(=O)(=O)c1ccc(C)cc1. The molecular weight excluding hydrogens is 618 g/mol. The molecule has 4 rings (SSSR count). The molecule has 1 atom stereocenters. The molecule has 1 fully saturated rings. The van der Waals surface area contributed by atoms with Crippen LogP contribution in [0.4, 0.5) is 5.69 Å². The number of nitrogens with one attached hydrogen (secondary N) is 1. The van der Waals surface area contributed by atoms with Crippen molar-refractivity contribution in [3.63, 3.8) is 0 Å². The topological polar surface area (TPSA) is 96.0 Å². The van der Waals surface area contributed by atoms with Crippen LogP contribution in [0.3, 0.4) is 0 Å². The number of sulfonamides is 1. The number of carbonyl (C=O) groups is 2. The van der Waals surface area contributed by atoms with Crippen molar-refractivity contribution < 1.29 is 22.7 Å². The van der Waals surface area contributed by atoms with Crippen LogP contribution < -0.4 is 14.4 Å². The van der Waals surface area contributed by atoms with E-state index in [4.69, 9.17) is 4.74 Å². The number of halogens is 1. The number of amides is 2. The molecule has 3 aromatic rings. The van der Waals surface area contributed by atoms with Gasteiger partial charge in [0.2, 0.25) is 11.8 Å². The molecule has 1 saturated carbocycles. The Bertz CT molecular complexity index is 1490. The molecule has 0 saturated heterocycles. The summed E-state index contributed by atoms with van der Waals surface area (Å²) in [6.45, 7) is 3.37. The first kappa shape index (κ1) is 31.6. The molecule has 0 aliphatic heterocycles. The van der Waals surface area contributed by atoms with Crippen molar-refractivity contribution in [3.05, 3.63) is 88.4 Å². The summed E-state index contributed by atoms with van der Waals surface area (Å²) < 4.78 is 35.2. The summed E-state index contributed by atoms with van der Waals surface area (Å²) in [5.41, 5.74) is 2.02. The fourth-order valence-corrected chi connectivity index (χ4v) is 7.05. The van der Waals surface area contributed by atoms with Gasteiger partial charge in [0, 0.05) is 17.1 Å². The van der Waals surface area contributed by atoms with Gasteiger partial charge in [-0.3, -0.25) is 13.9 Å². The van der Waals surface area contributed by atoms with Crippen LogP contribution in [0.2, 0.25) is 0 Å². The molecule has 0 radical (unpaired) electrons. The zero-order valence-corrected chi connectivity index (χ0v) is 26.7. The van der Waals surface area contributed by atoms with Gasteiger partial charge in [-0.15, -0.1) is 0 Å². The predicted molar refractivity (Wildman–Crippen MR) is 168 cm³/mol. The molecule has 10 heteroatoms. The number of aryl methyl sites for hydroxylation is 1. The summed E-state index contributed by atoms with van der Waals surface area (Å²) in [7, 11) is -2.56. The molecule has 0 bridgehead atoms. The van der Waals surface area contributed by atoms with Crippen molar-refractivity contribution in [2.45, 2.75) is 69.5 Å². The number of anilines is 1. The number of rotatable bonds is 12. The normalized spacial score (nSPS) is 14.3. The number of hydrogen-bond donors (Lipinski definition) is 1. The third-order valence-corrected chi connectivity index (χ3v) is 9.84. The van der Waals surface area contributed by atoms with Crippen LogP contribution in [0.25, 0.3) is 0 Å². The number of methoxy groups -OCH3 is 1.